The summed E-state index contributed by atoms with van der Waals surface area (Å²) in [4.78, 5) is 0. The number of benzene rings is 2. The van der Waals surface area contributed by atoms with Gasteiger partial charge in [-0.3, -0.25) is 0 Å². The molecular formula is C16H16BrClFNO. The van der Waals surface area contributed by atoms with Crippen molar-refractivity contribution >= 4 is 27.5 Å². The van der Waals surface area contributed by atoms with E-state index >= 15 is 0 Å². The van der Waals surface area contributed by atoms with Crippen LogP contribution in [0.25, 0.3) is 0 Å². The molecule has 21 heavy (non-hydrogen) atoms. The first-order valence-electron chi connectivity index (χ1n) is 6.54. The molecule has 0 saturated heterocycles. The van der Waals surface area contributed by atoms with Gasteiger partial charge in [0.25, 0.3) is 0 Å². The fourth-order valence-corrected chi connectivity index (χ4v) is 2.75. The Balaban J connectivity index is 2.26. The molecule has 5 heteroatoms. The molecule has 2 aromatic rings. The van der Waals surface area contributed by atoms with E-state index in [0.717, 1.165) is 17.5 Å². The fraction of sp³-hybridized carbons (Fsp3) is 0.250. The van der Waals surface area contributed by atoms with Gasteiger partial charge in [-0.15, -0.1) is 0 Å². The van der Waals surface area contributed by atoms with Crippen molar-refractivity contribution in [1.82, 2.24) is 0 Å². The molecule has 1 unspecified atom stereocenters. The standard InChI is InChI=1S/C16H16BrClFNO/c1-9-5-11(6-10(2)20)3-4-15(9)21-16-8-14(19)13(18)7-12(16)17/h3-5,7-8,10H,6,20H2,1-2H3. The topological polar surface area (TPSA) is 35.2 Å². The second-order valence-corrected chi connectivity index (χ2v) is 6.34. The highest BCUT2D eigenvalue weighted by Gasteiger charge is 2.10. The first kappa shape index (κ1) is 16.3. The second kappa shape index (κ2) is 6.77. The van der Waals surface area contributed by atoms with E-state index in [1.807, 2.05) is 32.0 Å². The van der Waals surface area contributed by atoms with Crippen LogP contribution in [0.2, 0.25) is 5.02 Å². The molecule has 2 aromatic carbocycles. The zero-order chi connectivity index (χ0) is 15.6. The Morgan fingerprint density at radius 2 is 2.00 bits per heavy atom. The van der Waals surface area contributed by atoms with Crippen LogP contribution in [-0.2, 0) is 6.42 Å². The van der Waals surface area contributed by atoms with Crippen LogP contribution < -0.4 is 10.5 Å². The summed E-state index contributed by atoms with van der Waals surface area (Å²) in [6, 6.07) is 8.71. The van der Waals surface area contributed by atoms with Crippen LogP contribution in [0, 0.1) is 12.7 Å². The first-order chi connectivity index (χ1) is 9.86. The summed E-state index contributed by atoms with van der Waals surface area (Å²) in [5.41, 5.74) is 7.91. The van der Waals surface area contributed by atoms with Crippen molar-refractivity contribution in [2.75, 3.05) is 0 Å². The third-order valence-corrected chi connectivity index (χ3v) is 3.90. The smallest absolute Gasteiger partial charge is 0.145 e. The molecule has 0 aliphatic carbocycles. The van der Waals surface area contributed by atoms with Crippen molar-refractivity contribution in [3.63, 3.8) is 0 Å². The van der Waals surface area contributed by atoms with Crippen molar-refractivity contribution in [3.05, 3.63) is 56.8 Å². The molecule has 0 radical (unpaired) electrons. The van der Waals surface area contributed by atoms with Crippen molar-refractivity contribution < 1.29 is 9.13 Å². The predicted octanol–water partition coefficient (Wildman–Crippen LogP) is 5.23. The number of ether oxygens (including phenoxy) is 1. The maximum atomic E-state index is 13.5. The molecule has 2 N–H and O–H groups in total. The van der Waals surface area contributed by atoms with Gasteiger partial charge in [-0.1, -0.05) is 23.7 Å². The van der Waals surface area contributed by atoms with Crippen molar-refractivity contribution in [1.29, 1.82) is 0 Å². The molecule has 0 fully saturated rings. The Hall–Kier alpha value is -1.10. The zero-order valence-electron chi connectivity index (χ0n) is 11.8. The maximum absolute atomic E-state index is 13.5. The molecule has 0 aliphatic rings. The fourth-order valence-electron chi connectivity index (χ4n) is 2.03. The third kappa shape index (κ3) is 4.19. The number of hydrogen-bond donors (Lipinski definition) is 1. The van der Waals surface area contributed by atoms with E-state index in [4.69, 9.17) is 22.1 Å². The van der Waals surface area contributed by atoms with E-state index in [1.54, 1.807) is 0 Å². The highest BCUT2D eigenvalue weighted by molar-refractivity contribution is 9.10. The van der Waals surface area contributed by atoms with Crippen LogP contribution in [0.5, 0.6) is 11.5 Å². The number of nitrogens with two attached hydrogens (primary N) is 1. The van der Waals surface area contributed by atoms with Gasteiger partial charge < -0.3 is 10.5 Å². The van der Waals surface area contributed by atoms with E-state index in [9.17, 15) is 4.39 Å². The highest BCUT2D eigenvalue weighted by Crippen LogP contribution is 2.35. The monoisotopic (exact) mass is 371 g/mol. The van der Waals surface area contributed by atoms with Gasteiger partial charge >= 0.3 is 0 Å². The molecule has 1 atom stereocenters. The molecule has 2 rings (SSSR count). The summed E-state index contributed by atoms with van der Waals surface area (Å²) in [6.07, 6.45) is 0.806. The Kier molecular flexibility index (Phi) is 5.25. The van der Waals surface area contributed by atoms with Gasteiger partial charge in [-0.2, -0.15) is 0 Å². The van der Waals surface area contributed by atoms with E-state index in [2.05, 4.69) is 15.9 Å². The normalized spacial score (nSPS) is 12.3. The lowest BCUT2D eigenvalue weighted by atomic mass is 10.0. The molecule has 0 aliphatic heterocycles. The molecule has 0 heterocycles. The van der Waals surface area contributed by atoms with Crippen LogP contribution in [-0.4, -0.2) is 6.04 Å². The van der Waals surface area contributed by atoms with Gasteiger partial charge in [0.05, 0.1) is 9.50 Å². The van der Waals surface area contributed by atoms with Gasteiger partial charge in [-0.05, 0) is 59.5 Å². The van der Waals surface area contributed by atoms with E-state index in [-0.39, 0.29) is 11.1 Å². The van der Waals surface area contributed by atoms with E-state index in [1.165, 1.54) is 12.1 Å². The molecule has 0 bridgehead atoms. The van der Waals surface area contributed by atoms with Crippen LogP contribution in [0.4, 0.5) is 4.39 Å². The van der Waals surface area contributed by atoms with E-state index < -0.39 is 5.82 Å². The molecule has 0 saturated carbocycles. The largest absolute Gasteiger partial charge is 0.456 e. The molecule has 0 spiro atoms. The van der Waals surface area contributed by atoms with Crippen molar-refractivity contribution in [3.8, 4) is 11.5 Å². The van der Waals surface area contributed by atoms with Crippen LogP contribution in [0.1, 0.15) is 18.1 Å². The van der Waals surface area contributed by atoms with Gasteiger partial charge in [0.1, 0.15) is 17.3 Å². The van der Waals surface area contributed by atoms with Gasteiger partial charge in [-0.25, -0.2) is 4.39 Å². The lowest BCUT2D eigenvalue weighted by molar-refractivity contribution is 0.470. The van der Waals surface area contributed by atoms with Crippen LogP contribution in [0.15, 0.2) is 34.8 Å². The summed E-state index contributed by atoms with van der Waals surface area (Å²) in [5.74, 6) is 0.548. The maximum Gasteiger partial charge on any atom is 0.145 e. The Labute approximate surface area is 137 Å². The molecule has 2 nitrogen and oxygen atoms in total. The minimum atomic E-state index is -0.513. The molecular weight excluding hydrogens is 357 g/mol. The summed E-state index contributed by atoms with van der Waals surface area (Å²) >= 11 is 9.03. The quantitative estimate of drug-likeness (QED) is 0.746. The van der Waals surface area contributed by atoms with Gasteiger partial charge in [0.15, 0.2) is 0 Å². The van der Waals surface area contributed by atoms with Crippen molar-refractivity contribution in [2.24, 2.45) is 5.73 Å². The lowest BCUT2D eigenvalue weighted by Crippen LogP contribution is -2.17. The lowest BCUT2D eigenvalue weighted by Gasteiger charge is -2.13. The van der Waals surface area contributed by atoms with Crippen LogP contribution in [0.3, 0.4) is 0 Å². The van der Waals surface area contributed by atoms with Crippen LogP contribution >= 0.6 is 27.5 Å². The third-order valence-electron chi connectivity index (χ3n) is 2.99. The summed E-state index contributed by atoms with van der Waals surface area (Å²) in [7, 11) is 0. The molecule has 0 aromatic heterocycles. The minimum Gasteiger partial charge on any atom is -0.456 e. The number of halogens is 3. The number of hydrogen-bond acceptors (Lipinski definition) is 2. The Morgan fingerprint density at radius 1 is 1.29 bits per heavy atom. The highest BCUT2D eigenvalue weighted by atomic mass is 79.9. The summed E-state index contributed by atoms with van der Waals surface area (Å²) in [6.45, 7) is 3.91. The predicted molar refractivity (Wildman–Crippen MR) is 87.7 cm³/mol. The summed E-state index contributed by atoms with van der Waals surface area (Å²) < 4.78 is 19.9. The average molecular weight is 373 g/mol. The van der Waals surface area contributed by atoms with Crippen molar-refractivity contribution in [2.45, 2.75) is 26.3 Å². The second-order valence-electron chi connectivity index (χ2n) is 5.08. The average Bonchev–Trinajstić information content (AvgIpc) is 2.38. The Bertz CT molecular complexity index is 661. The van der Waals surface area contributed by atoms with Gasteiger partial charge in [0, 0.05) is 12.1 Å². The van der Waals surface area contributed by atoms with E-state index in [0.29, 0.717) is 16.0 Å². The summed E-state index contributed by atoms with van der Waals surface area (Å²) in [5, 5.41) is 0.0539. The zero-order valence-corrected chi connectivity index (χ0v) is 14.1. The molecule has 0 amide bonds. The first-order valence-corrected chi connectivity index (χ1v) is 7.71. The minimum absolute atomic E-state index is 0.0539. The molecule has 112 valence electrons. The number of aryl methyl sites for hydroxylation is 1. The SMILES string of the molecule is Cc1cc(CC(C)N)ccc1Oc1cc(F)c(Cl)cc1Br. The van der Waals surface area contributed by atoms with Gasteiger partial charge in [0.2, 0.25) is 0 Å². The number of rotatable bonds is 4. The Morgan fingerprint density at radius 3 is 2.62 bits per heavy atom.